The zero-order valence-corrected chi connectivity index (χ0v) is 10.7. The Kier molecular flexibility index (Phi) is 5.01. The number of likely N-dealkylation sites (tertiary alicyclic amines) is 1. The van der Waals surface area contributed by atoms with Crippen LogP contribution in [0.15, 0.2) is 12.4 Å². The molecule has 0 aliphatic carbocycles. The van der Waals surface area contributed by atoms with Gasteiger partial charge in [-0.3, -0.25) is 0 Å². The predicted molar refractivity (Wildman–Crippen MR) is 67.9 cm³/mol. The van der Waals surface area contributed by atoms with Crippen molar-refractivity contribution < 1.29 is 4.74 Å². The highest BCUT2D eigenvalue weighted by atomic mass is 16.5. The first-order valence-corrected chi connectivity index (χ1v) is 6.58. The van der Waals surface area contributed by atoms with Crippen molar-refractivity contribution in [2.45, 2.75) is 25.7 Å². The van der Waals surface area contributed by atoms with Gasteiger partial charge in [-0.1, -0.05) is 0 Å². The quantitative estimate of drug-likeness (QED) is 0.818. The number of ether oxygens (including phenoxy) is 1. The summed E-state index contributed by atoms with van der Waals surface area (Å²) in [5.41, 5.74) is 0. The molecule has 4 heteroatoms. The lowest BCUT2D eigenvalue weighted by molar-refractivity contribution is 0.136. The summed E-state index contributed by atoms with van der Waals surface area (Å²) in [4.78, 5) is 9.96. The van der Waals surface area contributed by atoms with Crippen LogP contribution in [0.1, 0.15) is 25.1 Å². The normalized spacial score (nSPS) is 18.6. The Labute approximate surface area is 103 Å². The average Bonchev–Trinajstić information content (AvgIpc) is 2.88. The van der Waals surface area contributed by atoms with Crippen molar-refractivity contribution in [3.63, 3.8) is 0 Å². The van der Waals surface area contributed by atoms with E-state index in [2.05, 4.69) is 14.9 Å². The van der Waals surface area contributed by atoms with Crippen molar-refractivity contribution in [1.82, 2.24) is 14.9 Å². The molecule has 0 atom stereocenters. The smallest absolute Gasteiger partial charge is 0.107 e. The van der Waals surface area contributed by atoms with E-state index in [4.69, 9.17) is 4.74 Å². The second kappa shape index (κ2) is 6.77. The van der Waals surface area contributed by atoms with Crippen LogP contribution in [0.2, 0.25) is 0 Å². The highest BCUT2D eigenvalue weighted by Crippen LogP contribution is 2.20. The van der Waals surface area contributed by atoms with Crippen LogP contribution in [0, 0.1) is 5.92 Å². The van der Waals surface area contributed by atoms with E-state index in [1.165, 1.54) is 32.4 Å². The number of nitrogens with one attached hydrogen (secondary N) is 1. The van der Waals surface area contributed by atoms with Gasteiger partial charge in [0.1, 0.15) is 5.82 Å². The van der Waals surface area contributed by atoms with Gasteiger partial charge < -0.3 is 14.6 Å². The molecule has 1 aromatic rings. The van der Waals surface area contributed by atoms with E-state index >= 15 is 0 Å². The van der Waals surface area contributed by atoms with Crippen LogP contribution >= 0.6 is 0 Å². The third-order valence-electron chi connectivity index (χ3n) is 3.66. The number of piperidine rings is 1. The molecule has 1 N–H and O–H groups in total. The van der Waals surface area contributed by atoms with E-state index < -0.39 is 0 Å². The number of rotatable bonds is 6. The van der Waals surface area contributed by atoms with Crippen molar-refractivity contribution in [1.29, 1.82) is 0 Å². The molecule has 0 bridgehead atoms. The van der Waals surface area contributed by atoms with Crippen LogP contribution in [0.5, 0.6) is 0 Å². The third kappa shape index (κ3) is 4.13. The van der Waals surface area contributed by atoms with Crippen molar-refractivity contribution in [2.75, 3.05) is 33.4 Å². The summed E-state index contributed by atoms with van der Waals surface area (Å²) < 4.78 is 5.14. The number of nitrogens with zero attached hydrogens (tertiary/aromatic N) is 2. The van der Waals surface area contributed by atoms with Crippen LogP contribution in [0.4, 0.5) is 0 Å². The van der Waals surface area contributed by atoms with Gasteiger partial charge in [0.2, 0.25) is 0 Å². The minimum absolute atomic E-state index is 0.870. The molecule has 0 spiro atoms. The number of aromatic amines is 1. The first-order valence-electron chi connectivity index (χ1n) is 6.58. The minimum Gasteiger partial charge on any atom is -0.385 e. The van der Waals surface area contributed by atoms with Gasteiger partial charge in [0.25, 0.3) is 0 Å². The molecule has 1 aliphatic heterocycles. The van der Waals surface area contributed by atoms with Crippen LogP contribution < -0.4 is 0 Å². The molecule has 17 heavy (non-hydrogen) atoms. The molecule has 1 fully saturated rings. The largest absolute Gasteiger partial charge is 0.385 e. The fourth-order valence-electron chi connectivity index (χ4n) is 2.48. The predicted octanol–water partition coefficient (Wildman–Crippen LogP) is 1.70. The monoisotopic (exact) mass is 237 g/mol. The molecule has 0 unspecified atom stereocenters. The number of hydrogen-bond donors (Lipinski definition) is 1. The van der Waals surface area contributed by atoms with Crippen molar-refractivity contribution in [2.24, 2.45) is 5.92 Å². The molecular formula is C13H23N3O. The lowest BCUT2D eigenvalue weighted by Gasteiger charge is -2.31. The summed E-state index contributed by atoms with van der Waals surface area (Å²) >= 11 is 0. The van der Waals surface area contributed by atoms with E-state index in [0.29, 0.717) is 0 Å². The molecule has 1 aliphatic rings. The summed E-state index contributed by atoms with van der Waals surface area (Å²) in [6.07, 6.45) is 8.62. The van der Waals surface area contributed by atoms with E-state index in [9.17, 15) is 0 Å². The van der Waals surface area contributed by atoms with E-state index in [-0.39, 0.29) is 0 Å². The van der Waals surface area contributed by atoms with Crippen molar-refractivity contribution in [3.8, 4) is 0 Å². The van der Waals surface area contributed by atoms with Crippen LogP contribution in [0.25, 0.3) is 0 Å². The van der Waals surface area contributed by atoms with E-state index in [1.807, 2.05) is 12.4 Å². The van der Waals surface area contributed by atoms with Gasteiger partial charge in [-0.15, -0.1) is 0 Å². The summed E-state index contributed by atoms with van der Waals surface area (Å²) in [6, 6.07) is 0. The van der Waals surface area contributed by atoms with Crippen molar-refractivity contribution >= 4 is 0 Å². The second-order valence-corrected chi connectivity index (χ2v) is 4.85. The van der Waals surface area contributed by atoms with Gasteiger partial charge in [-0.2, -0.15) is 0 Å². The number of methoxy groups -OCH3 is 1. The molecule has 0 radical (unpaired) electrons. The SMILES string of the molecule is COCCC1CCN(CCc2ncc[nH]2)CC1. The number of imidazole rings is 1. The summed E-state index contributed by atoms with van der Waals surface area (Å²) in [5.74, 6) is 1.97. The Morgan fingerprint density at radius 2 is 2.29 bits per heavy atom. The second-order valence-electron chi connectivity index (χ2n) is 4.85. The fourth-order valence-corrected chi connectivity index (χ4v) is 2.48. The maximum absolute atomic E-state index is 5.14. The Hall–Kier alpha value is -0.870. The fraction of sp³-hybridized carbons (Fsp3) is 0.769. The lowest BCUT2D eigenvalue weighted by Crippen LogP contribution is -2.35. The highest BCUT2D eigenvalue weighted by molar-refractivity contribution is 4.88. The summed E-state index contributed by atoms with van der Waals surface area (Å²) in [7, 11) is 1.79. The van der Waals surface area contributed by atoms with Gasteiger partial charge >= 0.3 is 0 Å². The average molecular weight is 237 g/mol. The lowest BCUT2D eigenvalue weighted by atomic mass is 9.94. The number of aromatic nitrogens is 2. The minimum atomic E-state index is 0.870. The standard InChI is InChI=1S/C13H23N3O/c1-17-11-5-12-2-8-16(9-3-12)10-4-13-14-6-7-15-13/h6-7,12H,2-5,8-11H2,1H3,(H,14,15). The van der Waals surface area contributed by atoms with Crippen LogP contribution in [0.3, 0.4) is 0 Å². The number of H-pyrrole nitrogens is 1. The van der Waals surface area contributed by atoms with Gasteiger partial charge in [-0.05, 0) is 38.3 Å². The van der Waals surface area contributed by atoms with Crippen molar-refractivity contribution in [3.05, 3.63) is 18.2 Å². The Balaban J connectivity index is 1.62. The summed E-state index contributed by atoms with van der Waals surface area (Å²) in [5, 5.41) is 0. The molecule has 1 aromatic heterocycles. The third-order valence-corrected chi connectivity index (χ3v) is 3.66. The molecule has 2 rings (SSSR count). The zero-order valence-electron chi connectivity index (χ0n) is 10.7. The Morgan fingerprint density at radius 3 is 2.94 bits per heavy atom. The van der Waals surface area contributed by atoms with E-state index in [0.717, 1.165) is 31.3 Å². The molecule has 96 valence electrons. The maximum atomic E-state index is 5.14. The molecule has 0 saturated carbocycles. The molecular weight excluding hydrogens is 214 g/mol. The Morgan fingerprint density at radius 1 is 1.47 bits per heavy atom. The van der Waals surface area contributed by atoms with Gasteiger partial charge in [-0.25, -0.2) is 4.98 Å². The molecule has 2 heterocycles. The maximum Gasteiger partial charge on any atom is 0.107 e. The Bertz CT molecular complexity index is 292. The van der Waals surface area contributed by atoms with Gasteiger partial charge in [0.05, 0.1) is 0 Å². The first-order chi connectivity index (χ1) is 8.38. The molecule has 0 amide bonds. The van der Waals surface area contributed by atoms with Crippen LogP contribution in [-0.2, 0) is 11.2 Å². The van der Waals surface area contributed by atoms with Gasteiger partial charge in [0, 0.05) is 39.1 Å². The topological polar surface area (TPSA) is 41.1 Å². The molecule has 4 nitrogen and oxygen atoms in total. The molecule has 0 aromatic carbocycles. The van der Waals surface area contributed by atoms with Crippen LogP contribution in [-0.4, -0.2) is 48.2 Å². The first kappa shape index (κ1) is 12.6. The highest BCUT2D eigenvalue weighted by Gasteiger charge is 2.18. The summed E-state index contributed by atoms with van der Waals surface area (Å²) in [6.45, 7) is 4.51. The van der Waals surface area contributed by atoms with Gasteiger partial charge in [0.15, 0.2) is 0 Å². The van der Waals surface area contributed by atoms with E-state index in [1.54, 1.807) is 7.11 Å². The zero-order chi connectivity index (χ0) is 11.9. The molecule has 1 saturated heterocycles. The number of hydrogen-bond acceptors (Lipinski definition) is 3.